The summed E-state index contributed by atoms with van der Waals surface area (Å²) in [6.07, 6.45) is 0.596. The Bertz CT molecular complexity index is 1490. The zero-order valence-electron chi connectivity index (χ0n) is 19.4. The summed E-state index contributed by atoms with van der Waals surface area (Å²) in [5, 5.41) is 10.7. The molecule has 1 atom stereocenters. The van der Waals surface area contributed by atoms with Crippen LogP contribution in [0.4, 0.5) is 13.9 Å². The van der Waals surface area contributed by atoms with Crippen molar-refractivity contribution in [2.24, 2.45) is 0 Å². The summed E-state index contributed by atoms with van der Waals surface area (Å²) in [7, 11) is -3.71. The third kappa shape index (κ3) is 6.25. The second kappa shape index (κ2) is 11.5. The van der Waals surface area contributed by atoms with Gasteiger partial charge in [-0.15, -0.1) is 0 Å². The van der Waals surface area contributed by atoms with Crippen LogP contribution in [-0.4, -0.2) is 35.6 Å². The fourth-order valence-electron chi connectivity index (χ4n) is 4.07. The van der Waals surface area contributed by atoms with Crippen LogP contribution in [0.1, 0.15) is 43.0 Å². The van der Waals surface area contributed by atoms with Gasteiger partial charge in [-0.2, -0.15) is 0 Å². The normalized spacial score (nSPS) is 14.8. The molecule has 2 aromatic carbocycles. The molecule has 0 aliphatic heterocycles. The van der Waals surface area contributed by atoms with Gasteiger partial charge in [0.15, 0.2) is 26.5 Å². The van der Waals surface area contributed by atoms with E-state index in [-0.39, 0.29) is 30.6 Å². The molecule has 1 fully saturated rings. The molecule has 1 amide bonds. The van der Waals surface area contributed by atoms with Crippen molar-refractivity contribution in [3.63, 3.8) is 0 Å². The Morgan fingerprint density at radius 3 is 2.50 bits per heavy atom. The molecule has 1 saturated carbocycles. The van der Waals surface area contributed by atoms with Crippen LogP contribution in [0.25, 0.3) is 0 Å². The zero-order chi connectivity index (χ0) is 27.6. The summed E-state index contributed by atoms with van der Waals surface area (Å²) >= 11 is 13.2. The fraction of sp³-hybridized carbons (Fsp3) is 0.292. The molecule has 4 rings (SSSR count). The number of carbonyl (C=O) groups is 2. The van der Waals surface area contributed by atoms with E-state index in [9.17, 15) is 26.8 Å². The predicted molar refractivity (Wildman–Crippen MR) is 138 cm³/mol. The van der Waals surface area contributed by atoms with E-state index in [1.165, 1.54) is 18.2 Å². The number of aliphatic carboxylic acids is 1. The SMILES string of the molecule is O=C(O)Cc1nc(NC(=O)C(Oc2ccc(F)cc2F)c2ccc(S(=O)(=O)C3CCCC3)c(Cl)c2)sc1Cl. The second-order valence-corrected chi connectivity index (χ2v) is 12.7. The monoisotopic (exact) mass is 604 g/mol. The van der Waals surface area contributed by atoms with Crippen LogP contribution < -0.4 is 10.1 Å². The third-order valence-corrected chi connectivity index (χ3v) is 9.88. The van der Waals surface area contributed by atoms with Gasteiger partial charge in [-0.3, -0.25) is 14.9 Å². The van der Waals surface area contributed by atoms with Gasteiger partial charge in [0, 0.05) is 11.6 Å². The molecule has 1 aromatic heterocycles. The summed E-state index contributed by atoms with van der Waals surface area (Å²) < 4.78 is 59.5. The summed E-state index contributed by atoms with van der Waals surface area (Å²) in [6.45, 7) is 0. The predicted octanol–water partition coefficient (Wildman–Crippen LogP) is 5.83. The molecular weight excluding hydrogens is 585 g/mol. The van der Waals surface area contributed by atoms with Crippen molar-refractivity contribution in [1.29, 1.82) is 0 Å². The minimum Gasteiger partial charge on any atom is -0.481 e. The average molecular weight is 605 g/mol. The van der Waals surface area contributed by atoms with Gasteiger partial charge in [0.2, 0.25) is 6.10 Å². The lowest BCUT2D eigenvalue weighted by atomic mass is 10.1. The summed E-state index contributed by atoms with van der Waals surface area (Å²) in [6, 6.07) is 6.34. The van der Waals surface area contributed by atoms with E-state index in [4.69, 9.17) is 33.0 Å². The molecule has 14 heteroatoms. The second-order valence-electron chi connectivity index (χ2n) is 8.51. The number of nitrogens with zero attached hydrogens (tertiary/aromatic N) is 1. The van der Waals surface area contributed by atoms with E-state index >= 15 is 0 Å². The van der Waals surface area contributed by atoms with E-state index in [1.54, 1.807) is 0 Å². The average Bonchev–Trinajstić information content (AvgIpc) is 3.49. The Hall–Kier alpha value is -2.80. The number of carboxylic acids is 1. The minimum atomic E-state index is -3.71. The van der Waals surface area contributed by atoms with Gasteiger partial charge in [0.05, 0.1) is 27.3 Å². The molecule has 0 saturated heterocycles. The number of sulfone groups is 1. The maximum absolute atomic E-state index is 14.4. The van der Waals surface area contributed by atoms with Crippen LogP contribution in [0.5, 0.6) is 5.75 Å². The topological polar surface area (TPSA) is 123 Å². The van der Waals surface area contributed by atoms with E-state index in [0.717, 1.165) is 36.3 Å². The number of amides is 1. The van der Waals surface area contributed by atoms with Crippen molar-refractivity contribution in [3.8, 4) is 5.75 Å². The lowest BCUT2D eigenvalue weighted by molar-refractivity contribution is -0.136. The highest BCUT2D eigenvalue weighted by Crippen LogP contribution is 2.36. The van der Waals surface area contributed by atoms with Crippen molar-refractivity contribution in [3.05, 3.63) is 68.6 Å². The van der Waals surface area contributed by atoms with E-state index in [1.807, 2.05) is 0 Å². The summed E-state index contributed by atoms with van der Waals surface area (Å²) in [5.74, 6) is -4.43. The molecule has 0 spiro atoms. The van der Waals surface area contributed by atoms with Gasteiger partial charge in [0.1, 0.15) is 10.2 Å². The van der Waals surface area contributed by atoms with E-state index in [0.29, 0.717) is 18.9 Å². The number of rotatable bonds is 9. The summed E-state index contributed by atoms with van der Waals surface area (Å²) in [5.41, 5.74) is 0.112. The first kappa shape index (κ1) is 28.2. The van der Waals surface area contributed by atoms with Gasteiger partial charge in [-0.05, 0) is 37.1 Å². The Morgan fingerprint density at radius 1 is 1.16 bits per heavy atom. The zero-order valence-corrected chi connectivity index (χ0v) is 22.6. The Morgan fingerprint density at radius 2 is 1.87 bits per heavy atom. The van der Waals surface area contributed by atoms with Crippen molar-refractivity contribution < 1.29 is 36.6 Å². The molecule has 38 heavy (non-hydrogen) atoms. The van der Waals surface area contributed by atoms with Gasteiger partial charge in [0.25, 0.3) is 5.91 Å². The Kier molecular flexibility index (Phi) is 8.55. The van der Waals surface area contributed by atoms with Crippen LogP contribution in [0.3, 0.4) is 0 Å². The van der Waals surface area contributed by atoms with Crippen LogP contribution in [0.2, 0.25) is 9.36 Å². The van der Waals surface area contributed by atoms with Crippen molar-refractivity contribution in [2.45, 2.75) is 48.4 Å². The van der Waals surface area contributed by atoms with Crippen LogP contribution in [0.15, 0.2) is 41.3 Å². The quantitative estimate of drug-likeness (QED) is 0.315. The molecule has 1 aliphatic carbocycles. The first-order chi connectivity index (χ1) is 18.0. The molecular formula is C24H20Cl2F2N2O6S2. The minimum absolute atomic E-state index is 0.0334. The van der Waals surface area contributed by atoms with Crippen LogP contribution in [0, 0.1) is 11.6 Å². The highest BCUT2D eigenvalue weighted by Gasteiger charge is 2.33. The fourth-order valence-corrected chi connectivity index (χ4v) is 7.52. The smallest absolute Gasteiger partial charge is 0.309 e. The number of halogens is 4. The number of aromatic nitrogens is 1. The Labute approximate surface area is 230 Å². The molecule has 2 N–H and O–H groups in total. The first-order valence-electron chi connectivity index (χ1n) is 11.3. The van der Waals surface area contributed by atoms with Gasteiger partial charge < -0.3 is 9.84 Å². The molecule has 3 aromatic rings. The molecule has 0 radical (unpaired) electrons. The molecule has 1 heterocycles. The number of nitrogens with one attached hydrogen (secondary N) is 1. The number of anilines is 1. The number of thiazole rings is 1. The van der Waals surface area contributed by atoms with Crippen molar-refractivity contribution >= 4 is 61.4 Å². The third-order valence-electron chi connectivity index (χ3n) is 5.88. The lowest BCUT2D eigenvalue weighted by Crippen LogP contribution is -2.26. The highest BCUT2D eigenvalue weighted by molar-refractivity contribution is 7.92. The van der Waals surface area contributed by atoms with Crippen molar-refractivity contribution in [1.82, 2.24) is 4.98 Å². The molecule has 202 valence electrons. The number of hydrogen-bond donors (Lipinski definition) is 2. The van der Waals surface area contributed by atoms with Crippen LogP contribution in [-0.2, 0) is 25.8 Å². The van der Waals surface area contributed by atoms with Crippen LogP contribution >= 0.6 is 34.5 Å². The molecule has 0 bridgehead atoms. The maximum Gasteiger partial charge on any atom is 0.309 e. The number of carboxylic acid groups (broad SMARTS) is 1. The molecule has 1 unspecified atom stereocenters. The number of carbonyl (C=O) groups excluding carboxylic acids is 1. The van der Waals surface area contributed by atoms with Gasteiger partial charge in [-0.25, -0.2) is 22.2 Å². The lowest BCUT2D eigenvalue weighted by Gasteiger charge is -2.20. The Balaban J connectivity index is 1.67. The standard InChI is InChI=1S/C24H20Cl2F2N2O6S2/c25-15-9-12(5-8-19(15)38(34,35)14-3-1-2-4-14)21(36-18-7-6-13(27)10-16(18)28)23(33)30-24-29-17(11-20(31)32)22(26)37-24/h5-10,14,21H,1-4,11H2,(H,31,32)(H,29,30,33). The van der Waals surface area contributed by atoms with E-state index < -0.39 is 56.9 Å². The number of benzene rings is 2. The van der Waals surface area contributed by atoms with Gasteiger partial charge in [-0.1, -0.05) is 53.4 Å². The largest absolute Gasteiger partial charge is 0.481 e. The maximum atomic E-state index is 14.4. The number of hydrogen-bond acceptors (Lipinski definition) is 7. The summed E-state index contributed by atoms with van der Waals surface area (Å²) in [4.78, 5) is 28.2. The highest BCUT2D eigenvalue weighted by atomic mass is 35.5. The van der Waals surface area contributed by atoms with Gasteiger partial charge >= 0.3 is 5.97 Å². The molecule has 1 aliphatic rings. The number of ether oxygens (including phenoxy) is 1. The first-order valence-corrected chi connectivity index (χ1v) is 14.4. The van der Waals surface area contributed by atoms with Crippen molar-refractivity contribution in [2.75, 3.05) is 5.32 Å². The van der Waals surface area contributed by atoms with E-state index in [2.05, 4.69) is 10.3 Å². The molecule has 8 nitrogen and oxygen atoms in total.